The van der Waals surface area contributed by atoms with Crippen LogP contribution in [0.4, 0.5) is 0 Å². The topological polar surface area (TPSA) is 17.1 Å². The Labute approximate surface area is 114 Å². The molecule has 0 spiro atoms. The Morgan fingerprint density at radius 1 is 0.941 bits per heavy atom. The number of hydrogen-bond acceptors (Lipinski definition) is 1. The van der Waals surface area contributed by atoms with Gasteiger partial charge in [-0.05, 0) is 46.4 Å². The van der Waals surface area contributed by atoms with Gasteiger partial charge in [-0.2, -0.15) is 0 Å². The van der Waals surface area contributed by atoms with Gasteiger partial charge in [0, 0.05) is 9.13 Å². The van der Waals surface area contributed by atoms with E-state index >= 15 is 0 Å². The summed E-state index contributed by atoms with van der Waals surface area (Å²) in [5.41, 5.74) is 1.75. The smallest absolute Gasteiger partial charge is 0.185 e. The van der Waals surface area contributed by atoms with E-state index in [0.29, 0.717) is 5.56 Å². The second-order valence-corrected chi connectivity index (χ2v) is 4.86. The van der Waals surface area contributed by atoms with Crippen molar-refractivity contribution in [3.63, 3.8) is 0 Å². The summed E-state index contributed by atoms with van der Waals surface area (Å²) in [5, 5.41) is 0. The molecule has 0 aliphatic heterocycles. The molecule has 0 fully saturated rings. The minimum absolute atomic E-state index is 0.0316. The number of carbonyl (C=O) groups is 1. The molecule has 1 nitrogen and oxygen atoms in total. The maximum Gasteiger partial charge on any atom is 0.185 e. The Kier molecular flexibility index (Phi) is 4.09. The highest BCUT2D eigenvalue weighted by Gasteiger charge is 1.98. The molecule has 0 aromatic heterocycles. The van der Waals surface area contributed by atoms with Crippen LogP contribution >= 0.6 is 22.6 Å². The summed E-state index contributed by atoms with van der Waals surface area (Å²) in [6.45, 7) is 0. The zero-order valence-electron chi connectivity index (χ0n) is 9.14. The van der Waals surface area contributed by atoms with Crippen LogP contribution in [0.15, 0.2) is 60.7 Å². The molecule has 17 heavy (non-hydrogen) atoms. The van der Waals surface area contributed by atoms with E-state index in [-0.39, 0.29) is 5.78 Å². The molecule has 0 amide bonds. The highest BCUT2D eigenvalue weighted by atomic mass is 127. The average Bonchev–Trinajstić information content (AvgIpc) is 2.39. The van der Waals surface area contributed by atoms with Crippen LogP contribution in [0.25, 0.3) is 6.08 Å². The zero-order chi connectivity index (χ0) is 12.1. The molecular formula is C15H11IO. The van der Waals surface area contributed by atoms with Crippen LogP contribution in [0.2, 0.25) is 0 Å². The molecule has 84 valence electrons. The van der Waals surface area contributed by atoms with Gasteiger partial charge in [0.15, 0.2) is 5.78 Å². The van der Waals surface area contributed by atoms with Gasteiger partial charge >= 0.3 is 0 Å². The Morgan fingerprint density at radius 2 is 1.59 bits per heavy atom. The largest absolute Gasteiger partial charge is 0.289 e. The van der Waals surface area contributed by atoms with Gasteiger partial charge in [0.25, 0.3) is 0 Å². The Balaban J connectivity index is 2.11. The number of benzene rings is 2. The van der Waals surface area contributed by atoms with Gasteiger partial charge < -0.3 is 0 Å². The van der Waals surface area contributed by atoms with Crippen LogP contribution in [-0.4, -0.2) is 5.78 Å². The lowest BCUT2D eigenvalue weighted by molar-refractivity contribution is 0.104. The van der Waals surface area contributed by atoms with Gasteiger partial charge in [0.2, 0.25) is 0 Å². The Hall–Kier alpha value is -1.42. The molecule has 0 aliphatic carbocycles. The highest BCUT2D eigenvalue weighted by molar-refractivity contribution is 14.1. The molecule has 2 rings (SSSR count). The highest BCUT2D eigenvalue weighted by Crippen LogP contribution is 2.09. The fraction of sp³-hybridized carbons (Fsp3) is 0. The summed E-state index contributed by atoms with van der Waals surface area (Å²) in [6, 6.07) is 17.3. The number of carbonyl (C=O) groups excluding carboxylic acids is 1. The minimum atomic E-state index is 0.0316. The molecule has 0 saturated carbocycles. The van der Waals surface area contributed by atoms with Gasteiger partial charge in [-0.1, -0.05) is 48.5 Å². The predicted molar refractivity (Wildman–Crippen MR) is 79.0 cm³/mol. The molecular weight excluding hydrogens is 323 g/mol. The first-order valence-corrected chi connectivity index (χ1v) is 6.36. The fourth-order valence-corrected chi connectivity index (χ4v) is 1.80. The second-order valence-electron chi connectivity index (χ2n) is 3.62. The molecule has 0 saturated heterocycles. The normalized spacial score (nSPS) is 10.6. The lowest BCUT2D eigenvalue weighted by Crippen LogP contribution is -1.92. The summed E-state index contributed by atoms with van der Waals surface area (Å²) in [5.74, 6) is 0.0316. The van der Waals surface area contributed by atoms with Crippen LogP contribution in [0.3, 0.4) is 0 Å². The Bertz CT molecular complexity index is 527. The molecule has 0 radical (unpaired) electrons. The Morgan fingerprint density at radius 3 is 2.24 bits per heavy atom. The van der Waals surface area contributed by atoms with E-state index in [1.165, 1.54) is 3.57 Å². The lowest BCUT2D eigenvalue weighted by atomic mass is 10.1. The number of hydrogen-bond donors (Lipinski definition) is 0. The number of halogens is 1. The van der Waals surface area contributed by atoms with Gasteiger partial charge in [0.1, 0.15) is 0 Å². The SMILES string of the molecule is O=C(C=Cc1ccc(I)cc1)c1ccccc1. The van der Waals surface area contributed by atoms with E-state index in [9.17, 15) is 4.79 Å². The predicted octanol–water partition coefficient (Wildman–Crippen LogP) is 4.19. The van der Waals surface area contributed by atoms with Crippen molar-refractivity contribution in [2.75, 3.05) is 0 Å². The van der Waals surface area contributed by atoms with E-state index in [2.05, 4.69) is 22.6 Å². The van der Waals surface area contributed by atoms with Crippen LogP contribution < -0.4 is 0 Å². The van der Waals surface area contributed by atoms with Crippen molar-refractivity contribution >= 4 is 34.5 Å². The molecule has 2 heteroatoms. The van der Waals surface area contributed by atoms with Crippen LogP contribution in [0.5, 0.6) is 0 Å². The van der Waals surface area contributed by atoms with E-state index in [1.54, 1.807) is 6.08 Å². The van der Waals surface area contributed by atoms with E-state index in [4.69, 9.17) is 0 Å². The molecule has 0 atom stereocenters. The van der Waals surface area contributed by atoms with Crippen LogP contribution in [-0.2, 0) is 0 Å². The fourth-order valence-electron chi connectivity index (χ4n) is 1.44. The number of ketones is 1. The first-order valence-electron chi connectivity index (χ1n) is 5.29. The van der Waals surface area contributed by atoms with Crippen LogP contribution in [0.1, 0.15) is 15.9 Å². The van der Waals surface area contributed by atoms with Crippen molar-refractivity contribution in [3.8, 4) is 0 Å². The zero-order valence-corrected chi connectivity index (χ0v) is 11.3. The monoisotopic (exact) mass is 334 g/mol. The van der Waals surface area contributed by atoms with E-state index in [0.717, 1.165) is 5.56 Å². The molecule has 0 aliphatic rings. The third kappa shape index (κ3) is 3.53. The standard InChI is InChI=1S/C15H11IO/c16-14-9-6-12(7-10-14)8-11-15(17)13-4-2-1-3-5-13/h1-11H. The van der Waals surface area contributed by atoms with Crippen molar-refractivity contribution in [3.05, 3.63) is 75.4 Å². The van der Waals surface area contributed by atoms with Gasteiger partial charge in [-0.3, -0.25) is 4.79 Å². The average molecular weight is 334 g/mol. The minimum Gasteiger partial charge on any atom is -0.289 e. The molecule has 0 bridgehead atoms. The molecule has 2 aromatic carbocycles. The summed E-state index contributed by atoms with van der Waals surface area (Å²) in [4.78, 5) is 11.8. The second kappa shape index (κ2) is 5.77. The quantitative estimate of drug-likeness (QED) is 0.467. The third-order valence-electron chi connectivity index (χ3n) is 2.36. The van der Waals surface area contributed by atoms with Crippen molar-refractivity contribution in [2.24, 2.45) is 0 Å². The number of allylic oxidation sites excluding steroid dienone is 1. The third-order valence-corrected chi connectivity index (χ3v) is 3.07. The summed E-state index contributed by atoms with van der Waals surface area (Å²) in [6.07, 6.45) is 3.45. The van der Waals surface area contributed by atoms with Crippen molar-refractivity contribution in [1.29, 1.82) is 0 Å². The number of rotatable bonds is 3. The lowest BCUT2D eigenvalue weighted by Gasteiger charge is -1.95. The maximum atomic E-state index is 11.8. The van der Waals surface area contributed by atoms with Gasteiger partial charge in [-0.15, -0.1) is 0 Å². The molecule has 0 heterocycles. The molecule has 0 unspecified atom stereocenters. The van der Waals surface area contributed by atoms with Crippen molar-refractivity contribution < 1.29 is 4.79 Å². The summed E-state index contributed by atoms with van der Waals surface area (Å²) in [7, 11) is 0. The first-order chi connectivity index (χ1) is 8.25. The summed E-state index contributed by atoms with van der Waals surface area (Å²) < 4.78 is 1.19. The van der Waals surface area contributed by atoms with Gasteiger partial charge in [-0.25, -0.2) is 0 Å². The molecule has 0 N–H and O–H groups in total. The van der Waals surface area contributed by atoms with E-state index in [1.807, 2.05) is 60.7 Å². The molecule has 2 aromatic rings. The first kappa shape index (κ1) is 12.0. The van der Waals surface area contributed by atoms with Crippen molar-refractivity contribution in [1.82, 2.24) is 0 Å². The summed E-state index contributed by atoms with van der Waals surface area (Å²) >= 11 is 2.26. The van der Waals surface area contributed by atoms with E-state index < -0.39 is 0 Å². The van der Waals surface area contributed by atoms with Gasteiger partial charge in [0.05, 0.1) is 0 Å². The maximum absolute atomic E-state index is 11.8. The van der Waals surface area contributed by atoms with Crippen molar-refractivity contribution in [2.45, 2.75) is 0 Å². The van der Waals surface area contributed by atoms with Crippen LogP contribution in [0, 0.1) is 3.57 Å².